The van der Waals surface area contributed by atoms with Crippen LogP contribution in [-0.4, -0.2) is 42.8 Å². The Balaban J connectivity index is 1.54. The van der Waals surface area contributed by atoms with Crippen LogP contribution in [0.5, 0.6) is 5.75 Å². The molecular formula is C26H33NO5. The molecule has 172 valence electrons. The zero-order valence-electron chi connectivity index (χ0n) is 19.3. The molecule has 0 bridgehead atoms. The lowest BCUT2D eigenvalue weighted by atomic mass is 9.95. The number of ether oxygens (including phenoxy) is 3. The van der Waals surface area contributed by atoms with Gasteiger partial charge in [-0.2, -0.15) is 0 Å². The molecule has 3 rings (SSSR count). The van der Waals surface area contributed by atoms with Crippen LogP contribution in [0.15, 0.2) is 54.6 Å². The molecular weight excluding hydrogens is 406 g/mol. The molecule has 2 aromatic carbocycles. The molecule has 32 heavy (non-hydrogen) atoms. The number of rotatable bonds is 10. The number of amides is 2. The molecule has 2 amide bonds. The highest BCUT2D eigenvalue weighted by atomic mass is 16.6. The predicted octanol–water partition coefficient (Wildman–Crippen LogP) is 4.85. The number of methoxy groups -OCH3 is 1. The molecule has 0 aromatic heterocycles. The van der Waals surface area contributed by atoms with E-state index in [4.69, 9.17) is 14.2 Å². The summed E-state index contributed by atoms with van der Waals surface area (Å²) in [6.07, 6.45) is 0.579. The lowest BCUT2D eigenvalue weighted by Crippen LogP contribution is -2.47. The van der Waals surface area contributed by atoms with E-state index in [9.17, 15) is 9.59 Å². The zero-order chi connectivity index (χ0) is 23.1. The minimum atomic E-state index is -0.554. The van der Waals surface area contributed by atoms with Gasteiger partial charge in [-0.3, -0.25) is 4.79 Å². The molecule has 3 atom stereocenters. The van der Waals surface area contributed by atoms with Crippen LogP contribution in [0.25, 0.3) is 0 Å². The smallest absolute Gasteiger partial charge is 0.416 e. The van der Waals surface area contributed by atoms with Crippen LogP contribution < -0.4 is 4.74 Å². The van der Waals surface area contributed by atoms with E-state index in [0.29, 0.717) is 13.0 Å². The summed E-state index contributed by atoms with van der Waals surface area (Å²) in [6.45, 7) is 6.57. The van der Waals surface area contributed by atoms with Gasteiger partial charge in [0, 0.05) is 7.11 Å². The minimum absolute atomic E-state index is 0.140. The summed E-state index contributed by atoms with van der Waals surface area (Å²) in [5.74, 6) is 0.279. The normalized spacial score (nSPS) is 17.8. The Morgan fingerprint density at radius 2 is 1.75 bits per heavy atom. The average Bonchev–Trinajstić information content (AvgIpc) is 3.20. The van der Waals surface area contributed by atoms with Crippen molar-refractivity contribution in [2.24, 2.45) is 11.8 Å². The highest BCUT2D eigenvalue weighted by Gasteiger charge is 2.42. The van der Waals surface area contributed by atoms with E-state index in [1.807, 2.05) is 75.4 Å². The van der Waals surface area contributed by atoms with Crippen LogP contribution in [0, 0.1) is 11.8 Å². The number of carbonyl (C=O) groups excluding carboxylic acids is 2. The Morgan fingerprint density at radius 1 is 1.06 bits per heavy atom. The van der Waals surface area contributed by atoms with Gasteiger partial charge < -0.3 is 14.2 Å². The zero-order valence-corrected chi connectivity index (χ0v) is 19.3. The molecule has 1 heterocycles. The Kier molecular flexibility index (Phi) is 8.28. The molecule has 6 heteroatoms. The van der Waals surface area contributed by atoms with E-state index >= 15 is 0 Å². The van der Waals surface area contributed by atoms with Crippen molar-refractivity contribution in [3.05, 3.63) is 65.7 Å². The predicted molar refractivity (Wildman–Crippen MR) is 122 cm³/mol. The van der Waals surface area contributed by atoms with E-state index in [0.717, 1.165) is 23.3 Å². The van der Waals surface area contributed by atoms with E-state index in [2.05, 4.69) is 0 Å². The number of carbonyl (C=O) groups is 2. The highest BCUT2D eigenvalue weighted by Crippen LogP contribution is 2.25. The second-order valence-corrected chi connectivity index (χ2v) is 8.62. The molecule has 6 nitrogen and oxygen atoms in total. The van der Waals surface area contributed by atoms with Crippen molar-refractivity contribution in [2.45, 2.75) is 52.4 Å². The Labute approximate surface area is 190 Å². The first kappa shape index (κ1) is 23.8. The fourth-order valence-corrected chi connectivity index (χ4v) is 3.93. The second-order valence-electron chi connectivity index (χ2n) is 8.62. The van der Waals surface area contributed by atoms with Gasteiger partial charge in [0.15, 0.2) is 0 Å². The number of nitrogens with zero attached hydrogens (tertiary/aromatic N) is 1. The maximum Gasteiger partial charge on any atom is 0.416 e. The van der Waals surface area contributed by atoms with Gasteiger partial charge >= 0.3 is 6.09 Å². The lowest BCUT2D eigenvalue weighted by molar-refractivity contribution is -0.138. The first-order chi connectivity index (χ1) is 15.4. The van der Waals surface area contributed by atoms with Crippen LogP contribution in [0.3, 0.4) is 0 Å². The first-order valence-electron chi connectivity index (χ1n) is 11.2. The maximum atomic E-state index is 13.0. The summed E-state index contributed by atoms with van der Waals surface area (Å²) in [6, 6.07) is 17.8. The Bertz CT molecular complexity index is 881. The third-order valence-corrected chi connectivity index (χ3v) is 6.05. The topological polar surface area (TPSA) is 65.1 Å². The van der Waals surface area contributed by atoms with Crippen molar-refractivity contribution in [1.29, 1.82) is 0 Å². The van der Waals surface area contributed by atoms with E-state index in [-0.39, 0.29) is 30.6 Å². The highest BCUT2D eigenvalue weighted by molar-refractivity contribution is 5.95. The van der Waals surface area contributed by atoms with Crippen LogP contribution >= 0.6 is 0 Å². The molecule has 0 radical (unpaired) electrons. The van der Waals surface area contributed by atoms with Gasteiger partial charge in [-0.25, -0.2) is 9.69 Å². The Hall–Kier alpha value is -2.86. The quantitative estimate of drug-likeness (QED) is 0.529. The molecule has 0 N–H and O–H groups in total. The summed E-state index contributed by atoms with van der Waals surface area (Å²) in [7, 11) is 1.61. The number of aryl methyl sites for hydroxylation is 1. The van der Waals surface area contributed by atoms with Gasteiger partial charge in [-0.05, 0) is 42.0 Å². The van der Waals surface area contributed by atoms with Crippen molar-refractivity contribution in [1.82, 2.24) is 4.90 Å². The van der Waals surface area contributed by atoms with Gasteiger partial charge in [0.05, 0.1) is 18.1 Å². The van der Waals surface area contributed by atoms with Crippen molar-refractivity contribution < 1.29 is 23.8 Å². The van der Waals surface area contributed by atoms with Gasteiger partial charge in [0.2, 0.25) is 5.91 Å². The Morgan fingerprint density at radius 3 is 2.38 bits per heavy atom. The largest absolute Gasteiger partial charge is 0.489 e. The monoisotopic (exact) mass is 439 g/mol. The van der Waals surface area contributed by atoms with Crippen molar-refractivity contribution in [3.63, 3.8) is 0 Å². The molecule has 1 aliphatic heterocycles. The van der Waals surface area contributed by atoms with Crippen molar-refractivity contribution >= 4 is 12.0 Å². The summed E-state index contributed by atoms with van der Waals surface area (Å²) >= 11 is 0. The first-order valence-corrected chi connectivity index (χ1v) is 11.2. The molecule has 0 saturated carbocycles. The lowest BCUT2D eigenvalue weighted by Gasteiger charge is -2.28. The molecule has 2 aromatic rings. The van der Waals surface area contributed by atoms with Crippen LogP contribution in [0.4, 0.5) is 4.79 Å². The maximum absolute atomic E-state index is 13.0. The van der Waals surface area contributed by atoms with E-state index in [1.165, 1.54) is 4.90 Å². The van der Waals surface area contributed by atoms with E-state index in [1.54, 1.807) is 7.11 Å². The summed E-state index contributed by atoms with van der Waals surface area (Å²) < 4.78 is 16.6. The van der Waals surface area contributed by atoms with Crippen molar-refractivity contribution in [2.75, 3.05) is 13.7 Å². The van der Waals surface area contributed by atoms with Crippen LogP contribution in [0.1, 0.15) is 38.3 Å². The molecule has 3 unspecified atom stereocenters. The summed E-state index contributed by atoms with van der Waals surface area (Å²) in [5, 5.41) is 0. The van der Waals surface area contributed by atoms with Gasteiger partial charge in [-0.15, -0.1) is 0 Å². The van der Waals surface area contributed by atoms with Crippen molar-refractivity contribution in [3.8, 4) is 5.75 Å². The summed E-state index contributed by atoms with van der Waals surface area (Å²) in [5.41, 5.74) is 2.26. The number of hydrogen-bond donors (Lipinski definition) is 0. The van der Waals surface area contributed by atoms with Gasteiger partial charge in [0.1, 0.15) is 19.0 Å². The average molecular weight is 440 g/mol. The molecule has 0 aliphatic carbocycles. The van der Waals surface area contributed by atoms with Gasteiger partial charge in [-0.1, -0.05) is 63.2 Å². The molecule has 1 fully saturated rings. The minimum Gasteiger partial charge on any atom is -0.489 e. The summed E-state index contributed by atoms with van der Waals surface area (Å²) in [4.78, 5) is 26.5. The van der Waals surface area contributed by atoms with Crippen LogP contribution in [0.2, 0.25) is 0 Å². The number of hydrogen-bond acceptors (Lipinski definition) is 5. The number of imide groups is 1. The number of cyclic esters (lactones) is 1. The molecule has 1 aliphatic rings. The second kappa shape index (κ2) is 11.1. The number of benzene rings is 2. The van der Waals surface area contributed by atoms with E-state index < -0.39 is 12.0 Å². The fraction of sp³-hybridized carbons (Fsp3) is 0.462. The fourth-order valence-electron chi connectivity index (χ4n) is 3.93. The molecule has 0 spiro atoms. The third kappa shape index (κ3) is 5.88. The standard InChI is InChI=1S/C26H33NO5/c1-18(2)23-17-32-26(29)27(23)25(28)19(3)24(30-4)15-12-20-10-13-22(14-11-20)31-16-21-8-6-5-7-9-21/h5-11,13-14,18-19,23-24H,12,15-17H2,1-4H3. The third-order valence-electron chi connectivity index (χ3n) is 6.05. The SMILES string of the molecule is COC(CCc1ccc(OCc2ccccc2)cc1)C(C)C(=O)N1C(=O)OCC1C(C)C. The van der Waals surface area contributed by atoms with Crippen LogP contribution in [-0.2, 0) is 27.3 Å². The molecule has 1 saturated heterocycles. The van der Waals surface area contributed by atoms with Gasteiger partial charge in [0.25, 0.3) is 0 Å².